The Morgan fingerprint density at radius 2 is 1.72 bits per heavy atom. The third-order valence-corrected chi connectivity index (χ3v) is 7.31. The van der Waals surface area contributed by atoms with Crippen LogP contribution in [0.4, 0.5) is 0 Å². The smallest absolute Gasteiger partial charge is 0.132 e. The van der Waals surface area contributed by atoms with Crippen molar-refractivity contribution in [1.82, 2.24) is 4.98 Å². The van der Waals surface area contributed by atoms with Crippen LogP contribution >= 0.6 is 0 Å². The van der Waals surface area contributed by atoms with E-state index in [1.807, 2.05) is 0 Å². The van der Waals surface area contributed by atoms with E-state index in [9.17, 15) is 0 Å². The lowest BCUT2D eigenvalue weighted by Gasteiger charge is -2.28. The number of hydrogen-bond acceptors (Lipinski definition) is 2. The highest BCUT2D eigenvalue weighted by molar-refractivity contribution is 5.83. The minimum absolute atomic E-state index is 0.0407. The molecular weight excluding hydrogens is 390 g/mol. The van der Waals surface area contributed by atoms with Gasteiger partial charge < -0.3 is 4.74 Å². The molecule has 0 amide bonds. The number of benzene rings is 3. The first-order chi connectivity index (χ1) is 15.4. The summed E-state index contributed by atoms with van der Waals surface area (Å²) >= 11 is 0. The summed E-state index contributed by atoms with van der Waals surface area (Å²) in [6.45, 7) is 9.26. The molecule has 1 aromatic heterocycles. The van der Waals surface area contributed by atoms with Gasteiger partial charge in [-0.3, -0.25) is 0 Å². The SMILES string of the molecule is CC(C)Cc1ccc2nc(-c3cccc4c3C(C)(C)C3c5ccccc5OC43)ccc2c1. The number of fused-ring (bicyclic) bond motifs is 6. The van der Waals surface area contributed by atoms with Gasteiger partial charge in [0.1, 0.15) is 11.9 Å². The molecule has 160 valence electrons. The summed E-state index contributed by atoms with van der Waals surface area (Å²) in [5, 5.41) is 1.22. The van der Waals surface area contributed by atoms with Crippen LogP contribution in [-0.2, 0) is 11.8 Å². The Bertz CT molecular complexity index is 1350. The second kappa shape index (κ2) is 6.93. The average molecular weight is 420 g/mol. The van der Waals surface area contributed by atoms with Crippen LogP contribution < -0.4 is 4.74 Å². The van der Waals surface area contributed by atoms with Gasteiger partial charge in [0.15, 0.2) is 0 Å². The highest BCUT2D eigenvalue weighted by Gasteiger charge is 2.53. The Kier molecular flexibility index (Phi) is 4.24. The molecule has 2 aliphatic rings. The van der Waals surface area contributed by atoms with Crippen LogP contribution in [0.3, 0.4) is 0 Å². The Labute approximate surface area is 190 Å². The molecule has 6 rings (SSSR count). The highest BCUT2D eigenvalue weighted by Crippen LogP contribution is 2.62. The van der Waals surface area contributed by atoms with Gasteiger partial charge in [-0.2, -0.15) is 0 Å². The zero-order valence-corrected chi connectivity index (χ0v) is 19.2. The van der Waals surface area contributed by atoms with Gasteiger partial charge in [0.25, 0.3) is 0 Å². The van der Waals surface area contributed by atoms with Crippen LogP contribution in [0, 0.1) is 5.92 Å². The molecule has 0 radical (unpaired) electrons. The predicted molar refractivity (Wildman–Crippen MR) is 131 cm³/mol. The first-order valence-corrected chi connectivity index (χ1v) is 11.7. The molecule has 1 aliphatic heterocycles. The zero-order valence-electron chi connectivity index (χ0n) is 19.2. The fourth-order valence-electron chi connectivity index (χ4n) is 6.04. The van der Waals surface area contributed by atoms with Crippen LogP contribution in [0.5, 0.6) is 5.75 Å². The third kappa shape index (κ3) is 2.82. The number of para-hydroxylation sites is 1. The van der Waals surface area contributed by atoms with E-state index in [2.05, 4.69) is 100 Å². The number of rotatable bonds is 3. The predicted octanol–water partition coefficient (Wildman–Crippen LogP) is 7.61. The molecular formula is C30H29NO. The second-order valence-electron chi connectivity index (χ2n) is 10.4. The van der Waals surface area contributed by atoms with E-state index < -0.39 is 0 Å². The molecule has 1 aliphatic carbocycles. The van der Waals surface area contributed by atoms with Gasteiger partial charge in [0.05, 0.1) is 11.2 Å². The number of nitrogens with zero attached hydrogens (tertiary/aromatic N) is 1. The molecule has 0 bridgehead atoms. The van der Waals surface area contributed by atoms with Crippen LogP contribution in [0.1, 0.15) is 62.0 Å². The summed E-state index contributed by atoms with van der Waals surface area (Å²) in [4.78, 5) is 5.11. The van der Waals surface area contributed by atoms with E-state index in [1.54, 1.807) is 0 Å². The monoisotopic (exact) mass is 419 g/mol. The van der Waals surface area contributed by atoms with Gasteiger partial charge in [-0.25, -0.2) is 4.98 Å². The van der Waals surface area contributed by atoms with Crippen molar-refractivity contribution in [3.63, 3.8) is 0 Å². The standard InChI is InChI=1S/C30H29NO/c1-18(2)16-19-12-14-24-20(17-19)13-15-25(31-24)21-9-7-10-23-27(21)30(3,4)28-22-8-5-6-11-26(22)32-29(23)28/h5-15,17-18,28-29H,16H2,1-4H3. The molecule has 4 aromatic rings. The maximum Gasteiger partial charge on any atom is 0.132 e. The largest absolute Gasteiger partial charge is 0.485 e. The number of ether oxygens (including phenoxy) is 1. The molecule has 2 nitrogen and oxygen atoms in total. The molecule has 2 heteroatoms. The average Bonchev–Trinajstić information content (AvgIpc) is 3.27. The highest BCUT2D eigenvalue weighted by atomic mass is 16.5. The lowest BCUT2D eigenvalue weighted by molar-refractivity contribution is 0.198. The van der Waals surface area contributed by atoms with E-state index in [0.29, 0.717) is 11.8 Å². The molecule has 0 saturated heterocycles. The molecule has 0 spiro atoms. The van der Waals surface area contributed by atoms with Crippen LogP contribution in [0.15, 0.2) is 72.8 Å². The number of hydrogen-bond donors (Lipinski definition) is 0. The molecule has 2 heterocycles. The topological polar surface area (TPSA) is 22.1 Å². The van der Waals surface area contributed by atoms with Crippen molar-refractivity contribution in [3.8, 4) is 17.0 Å². The Hall–Kier alpha value is -3.13. The van der Waals surface area contributed by atoms with Gasteiger partial charge in [-0.1, -0.05) is 76.2 Å². The van der Waals surface area contributed by atoms with Gasteiger partial charge in [-0.15, -0.1) is 0 Å². The third-order valence-electron chi connectivity index (χ3n) is 7.31. The second-order valence-corrected chi connectivity index (χ2v) is 10.4. The summed E-state index contributed by atoms with van der Waals surface area (Å²) in [5.41, 5.74) is 8.70. The van der Waals surface area contributed by atoms with Crippen molar-refractivity contribution in [2.75, 3.05) is 0 Å². The number of aromatic nitrogens is 1. The van der Waals surface area contributed by atoms with Crippen molar-refractivity contribution in [1.29, 1.82) is 0 Å². The first-order valence-electron chi connectivity index (χ1n) is 11.7. The van der Waals surface area contributed by atoms with Crippen LogP contribution in [0.25, 0.3) is 22.2 Å². The van der Waals surface area contributed by atoms with Gasteiger partial charge in [-0.05, 0) is 53.3 Å². The lowest BCUT2D eigenvalue weighted by atomic mass is 9.73. The minimum atomic E-state index is -0.0407. The zero-order chi connectivity index (χ0) is 22.0. The maximum absolute atomic E-state index is 6.48. The molecule has 0 fully saturated rings. The summed E-state index contributed by atoms with van der Waals surface area (Å²) in [5.74, 6) is 2.02. The Morgan fingerprint density at radius 3 is 2.56 bits per heavy atom. The normalized spacial score (nSPS) is 20.2. The molecule has 3 aromatic carbocycles. The van der Waals surface area contributed by atoms with Gasteiger partial charge in [0.2, 0.25) is 0 Å². The summed E-state index contributed by atoms with van der Waals surface area (Å²) in [6.07, 6.45) is 1.18. The first kappa shape index (κ1) is 19.5. The molecule has 32 heavy (non-hydrogen) atoms. The molecule has 0 saturated carbocycles. The van der Waals surface area contributed by atoms with Crippen molar-refractivity contribution < 1.29 is 4.74 Å². The van der Waals surface area contributed by atoms with Crippen LogP contribution in [-0.4, -0.2) is 4.98 Å². The van der Waals surface area contributed by atoms with Crippen molar-refractivity contribution in [2.45, 2.75) is 51.6 Å². The fourth-order valence-corrected chi connectivity index (χ4v) is 6.04. The summed E-state index contributed by atoms with van der Waals surface area (Å²) in [6, 6.07) is 26.3. The van der Waals surface area contributed by atoms with Crippen molar-refractivity contribution in [2.24, 2.45) is 5.92 Å². The number of pyridine rings is 1. The maximum atomic E-state index is 6.48. The van der Waals surface area contributed by atoms with Crippen LogP contribution in [0.2, 0.25) is 0 Å². The van der Waals surface area contributed by atoms with E-state index in [1.165, 1.54) is 33.2 Å². The lowest BCUT2D eigenvalue weighted by Crippen LogP contribution is -2.23. The van der Waals surface area contributed by atoms with Crippen molar-refractivity contribution in [3.05, 3.63) is 95.1 Å². The minimum Gasteiger partial charge on any atom is -0.485 e. The van der Waals surface area contributed by atoms with Gasteiger partial charge in [0, 0.05) is 27.8 Å². The summed E-state index contributed by atoms with van der Waals surface area (Å²) < 4.78 is 6.48. The van der Waals surface area contributed by atoms with E-state index in [4.69, 9.17) is 9.72 Å². The molecule has 0 N–H and O–H groups in total. The Balaban J connectivity index is 1.46. The summed E-state index contributed by atoms with van der Waals surface area (Å²) in [7, 11) is 0. The van der Waals surface area contributed by atoms with Crippen molar-refractivity contribution >= 4 is 10.9 Å². The fraction of sp³-hybridized carbons (Fsp3) is 0.300. The van der Waals surface area contributed by atoms with E-state index >= 15 is 0 Å². The van der Waals surface area contributed by atoms with E-state index in [0.717, 1.165) is 23.4 Å². The quantitative estimate of drug-likeness (QED) is 0.341. The molecule has 2 atom stereocenters. The van der Waals surface area contributed by atoms with Gasteiger partial charge >= 0.3 is 0 Å². The molecule has 2 unspecified atom stereocenters. The Morgan fingerprint density at radius 1 is 0.906 bits per heavy atom. The van der Waals surface area contributed by atoms with E-state index in [-0.39, 0.29) is 11.5 Å².